The summed E-state index contributed by atoms with van der Waals surface area (Å²) < 4.78 is 5.82. The molecule has 1 unspecified atom stereocenters. The van der Waals surface area contributed by atoms with Crippen molar-refractivity contribution in [3.05, 3.63) is 35.2 Å². The van der Waals surface area contributed by atoms with Crippen molar-refractivity contribution in [2.45, 2.75) is 23.7 Å². The van der Waals surface area contributed by atoms with Crippen LogP contribution in [0.4, 0.5) is 0 Å². The molecule has 0 spiro atoms. The quantitative estimate of drug-likeness (QED) is 0.457. The summed E-state index contributed by atoms with van der Waals surface area (Å²) in [5, 5.41) is 0. The van der Waals surface area contributed by atoms with Crippen LogP contribution in [0.2, 0.25) is 0 Å². The molecular formula is C14H21IN4O. The van der Waals surface area contributed by atoms with Gasteiger partial charge in [0.05, 0.1) is 5.70 Å². The number of allylic oxidation sites excluding steroid dienone is 3. The number of methoxy groups -OCH3 is 1. The molecule has 0 amide bonds. The minimum atomic E-state index is 0.459. The molecule has 20 heavy (non-hydrogen) atoms. The summed E-state index contributed by atoms with van der Waals surface area (Å²) in [6, 6.07) is 0. The monoisotopic (exact) mass is 388 g/mol. The number of halogens is 1. The molecule has 1 aliphatic heterocycles. The topological polar surface area (TPSA) is 54.1 Å². The van der Waals surface area contributed by atoms with E-state index in [9.17, 15) is 0 Å². The first-order valence-corrected chi connectivity index (χ1v) is 7.92. The van der Waals surface area contributed by atoms with E-state index in [4.69, 9.17) is 10.5 Å². The van der Waals surface area contributed by atoms with Crippen molar-refractivity contribution in [3.63, 3.8) is 0 Å². The highest BCUT2D eigenvalue weighted by Gasteiger charge is 2.31. The smallest absolute Gasteiger partial charge is 0.175 e. The summed E-state index contributed by atoms with van der Waals surface area (Å²) in [5.74, 6) is 1.43. The minimum absolute atomic E-state index is 0.459. The molecule has 5 nitrogen and oxygen atoms in total. The Balaban J connectivity index is 2.44. The van der Waals surface area contributed by atoms with Crippen molar-refractivity contribution in [1.82, 2.24) is 9.80 Å². The first kappa shape index (κ1) is 15.4. The normalized spacial score (nSPS) is 23.1. The fourth-order valence-electron chi connectivity index (χ4n) is 2.33. The van der Waals surface area contributed by atoms with E-state index in [1.165, 1.54) is 5.70 Å². The zero-order valence-corrected chi connectivity index (χ0v) is 14.3. The Bertz CT molecular complexity index is 495. The van der Waals surface area contributed by atoms with Gasteiger partial charge in [-0.25, -0.2) is 4.99 Å². The van der Waals surface area contributed by atoms with Crippen LogP contribution in [0.25, 0.3) is 0 Å². The van der Waals surface area contributed by atoms with E-state index in [0.717, 1.165) is 24.4 Å². The third-order valence-corrected chi connectivity index (χ3v) is 4.19. The van der Waals surface area contributed by atoms with E-state index >= 15 is 0 Å². The zero-order valence-electron chi connectivity index (χ0n) is 12.1. The van der Waals surface area contributed by atoms with E-state index < -0.39 is 0 Å². The summed E-state index contributed by atoms with van der Waals surface area (Å²) in [6.45, 7) is 2.52. The molecule has 2 aliphatic rings. The zero-order chi connectivity index (χ0) is 14.7. The second-order valence-corrected chi connectivity index (χ2v) is 6.34. The number of ether oxygens (including phenoxy) is 1. The van der Waals surface area contributed by atoms with Crippen LogP contribution in [0, 0.1) is 0 Å². The van der Waals surface area contributed by atoms with Crippen LogP contribution in [0.5, 0.6) is 0 Å². The standard InChI is InChI=1S/C14H21IN4O/c1-4-7-17-14-13(16)18(2)11-6-5-10(15)8-12(11)19(14)9-20-3/h5-7,10H,4,8-9,16H2,1-3H3/b17-7-. The Morgan fingerprint density at radius 2 is 2.35 bits per heavy atom. The second kappa shape index (κ2) is 6.62. The molecule has 1 heterocycles. The van der Waals surface area contributed by atoms with Gasteiger partial charge < -0.3 is 20.3 Å². The largest absolute Gasteiger partial charge is 0.382 e. The number of likely N-dealkylation sites (N-methyl/N-ethyl adjacent to an activating group) is 1. The van der Waals surface area contributed by atoms with E-state index in [1.807, 2.05) is 18.2 Å². The molecule has 2 N–H and O–H groups in total. The van der Waals surface area contributed by atoms with Crippen LogP contribution in [0.3, 0.4) is 0 Å². The fourth-order valence-corrected chi connectivity index (χ4v) is 2.96. The van der Waals surface area contributed by atoms with Gasteiger partial charge in [0.2, 0.25) is 0 Å². The highest BCUT2D eigenvalue weighted by molar-refractivity contribution is 14.1. The van der Waals surface area contributed by atoms with Crippen LogP contribution in [0.15, 0.2) is 40.2 Å². The Morgan fingerprint density at radius 1 is 1.60 bits per heavy atom. The maximum absolute atomic E-state index is 6.25. The van der Waals surface area contributed by atoms with Gasteiger partial charge in [0.25, 0.3) is 0 Å². The average molecular weight is 388 g/mol. The lowest BCUT2D eigenvalue weighted by Crippen LogP contribution is -2.40. The highest BCUT2D eigenvalue weighted by atomic mass is 127. The number of nitrogens with zero attached hydrogens (tertiary/aromatic N) is 3. The molecule has 2 rings (SSSR count). The number of hydrogen-bond donors (Lipinski definition) is 1. The Hall–Kier alpha value is -1.02. The van der Waals surface area contributed by atoms with Crippen LogP contribution < -0.4 is 5.73 Å². The summed E-state index contributed by atoms with van der Waals surface area (Å²) in [5.41, 5.74) is 8.59. The molecular weight excluding hydrogens is 367 g/mol. The maximum Gasteiger partial charge on any atom is 0.175 e. The van der Waals surface area contributed by atoms with Gasteiger partial charge in [-0.3, -0.25) is 0 Å². The van der Waals surface area contributed by atoms with Crippen molar-refractivity contribution >= 4 is 28.8 Å². The van der Waals surface area contributed by atoms with Crippen LogP contribution >= 0.6 is 22.6 Å². The van der Waals surface area contributed by atoms with Gasteiger partial charge >= 0.3 is 0 Å². The van der Waals surface area contributed by atoms with Crippen molar-refractivity contribution in [2.75, 3.05) is 20.9 Å². The van der Waals surface area contributed by atoms with Crippen molar-refractivity contribution in [1.29, 1.82) is 0 Å². The predicted molar refractivity (Wildman–Crippen MR) is 90.1 cm³/mol. The fraction of sp³-hybridized carbons (Fsp3) is 0.500. The molecule has 0 saturated heterocycles. The lowest BCUT2D eigenvalue weighted by atomic mass is 10.0. The van der Waals surface area contributed by atoms with Crippen molar-refractivity contribution < 1.29 is 4.74 Å². The van der Waals surface area contributed by atoms with Crippen LogP contribution in [-0.4, -0.2) is 40.8 Å². The molecule has 0 aromatic heterocycles. The highest BCUT2D eigenvalue weighted by Crippen LogP contribution is 2.36. The van der Waals surface area contributed by atoms with Gasteiger partial charge in [0.15, 0.2) is 5.82 Å². The van der Waals surface area contributed by atoms with Crippen molar-refractivity contribution in [2.24, 2.45) is 10.7 Å². The summed E-state index contributed by atoms with van der Waals surface area (Å²) >= 11 is 2.44. The van der Waals surface area contributed by atoms with Gasteiger partial charge in [-0.05, 0) is 12.5 Å². The van der Waals surface area contributed by atoms with E-state index in [1.54, 1.807) is 7.11 Å². The van der Waals surface area contributed by atoms with Gasteiger partial charge in [0.1, 0.15) is 12.6 Å². The number of hydrogen-bond acceptors (Lipinski definition) is 5. The maximum atomic E-state index is 6.25. The molecule has 0 aromatic rings. The van der Waals surface area contributed by atoms with Crippen molar-refractivity contribution in [3.8, 4) is 0 Å². The summed E-state index contributed by atoms with van der Waals surface area (Å²) in [6.07, 6.45) is 8.05. The van der Waals surface area contributed by atoms with Gasteiger partial charge in [-0.15, -0.1) is 0 Å². The molecule has 110 valence electrons. The lowest BCUT2D eigenvalue weighted by Gasteiger charge is -2.40. The van der Waals surface area contributed by atoms with E-state index in [-0.39, 0.29) is 0 Å². The van der Waals surface area contributed by atoms with Crippen LogP contribution in [0.1, 0.15) is 19.8 Å². The lowest BCUT2D eigenvalue weighted by molar-refractivity contribution is 0.0970. The average Bonchev–Trinajstić information content (AvgIpc) is 2.44. The van der Waals surface area contributed by atoms with E-state index in [0.29, 0.717) is 16.5 Å². The molecule has 0 aromatic carbocycles. The Kier molecular flexibility index (Phi) is 5.09. The van der Waals surface area contributed by atoms with Gasteiger partial charge in [-0.1, -0.05) is 35.6 Å². The molecule has 6 heteroatoms. The molecule has 0 radical (unpaired) electrons. The van der Waals surface area contributed by atoms with E-state index in [2.05, 4.69) is 51.6 Å². The molecule has 0 bridgehead atoms. The Labute approximate surface area is 134 Å². The van der Waals surface area contributed by atoms with Gasteiger partial charge in [0, 0.05) is 36.4 Å². The number of alkyl halides is 1. The Morgan fingerprint density at radius 3 is 3.00 bits per heavy atom. The molecule has 1 aliphatic carbocycles. The number of nitrogens with two attached hydrogens (primary N) is 1. The summed E-state index contributed by atoms with van der Waals surface area (Å²) in [4.78, 5) is 8.60. The van der Waals surface area contributed by atoms with Crippen LogP contribution in [-0.2, 0) is 4.74 Å². The van der Waals surface area contributed by atoms with Gasteiger partial charge in [-0.2, -0.15) is 0 Å². The minimum Gasteiger partial charge on any atom is -0.382 e. The number of rotatable bonds is 4. The third-order valence-electron chi connectivity index (χ3n) is 3.33. The first-order valence-electron chi connectivity index (χ1n) is 6.68. The number of aliphatic imine (C=N–C) groups is 1. The predicted octanol–water partition coefficient (Wildman–Crippen LogP) is 2.38. The molecule has 0 saturated carbocycles. The summed E-state index contributed by atoms with van der Waals surface area (Å²) in [7, 11) is 3.67. The third kappa shape index (κ3) is 2.85. The first-order chi connectivity index (χ1) is 9.60. The SMILES string of the molecule is CC/C=N\C1=C(N)N(C)C2=C(CC(I)C=C2)N1COC. The molecule has 0 fully saturated rings. The second-order valence-electron chi connectivity index (χ2n) is 4.74. The molecule has 1 atom stereocenters.